The van der Waals surface area contributed by atoms with E-state index in [2.05, 4.69) is 16.7 Å². The summed E-state index contributed by atoms with van der Waals surface area (Å²) in [5.74, 6) is 0. The van der Waals surface area contributed by atoms with Crippen molar-refractivity contribution in [2.45, 2.75) is 64.6 Å². The molecule has 1 amide bonds. The number of nitrogens with one attached hydrogen (secondary N) is 2. The van der Waals surface area contributed by atoms with Gasteiger partial charge in [0.1, 0.15) is 11.7 Å². The van der Waals surface area contributed by atoms with Gasteiger partial charge in [0.2, 0.25) is 0 Å². The van der Waals surface area contributed by atoms with Crippen molar-refractivity contribution in [3.8, 4) is 6.07 Å². The van der Waals surface area contributed by atoms with Crippen LogP contribution >= 0.6 is 0 Å². The summed E-state index contributed by atoms with van der Waals surface area (Å²) in [6.45, 7) is 7.50. The smallest absolute Gasteiger partial charge is 0.407 e. The van der Waals surface area contributed by atoms with Crippen molar-refractivity contribution in [3.05, 3.63) is 29.3 Å². The minimum absolute atomic E-state index is 0.109. The Balaban J connectivity index is 1.90. The van der Waals surface area contributed by atoms with E-state index in [4.69, 9.17) is 4.74 Å². The lowest BCUT2D eigenvalue weighted by molar-refractivity contribution is 0.0505. The van der Waals surface area contributed by atoms with Gasteiger partial charge in [-0.05, 0) is 58.6 Å². The largest absolute Gasteiger partial charge is 0.444 e. The maximum absolute atomic E-state index is 11.8. The molecule has 1 aromatic carbocycles. The van der Waals surface area contributed by atoms with Crippen LogP contribution in [-0.2, 0) is 4.74 Å². The SMILES string of the molecule is Cc1cccc(NC2CCC(NC(=O)OC(C)(C)C)C2)c1C#N. The Morgan fingerprint density at radius 2 is 2.00 bits per heavy atom. The fourth-order valence-electron chi connectivity index (χ4n) is 2.87. The lowest BCUT2D eigenvalue weighted by atomic mass is 10.1. The molecular formula is C18H25N3O2. The van der Waals surface area contributed by atoms with Crippen LogP contribution in [0.15, 0.2) is 18.2 Å². The Labute approximate surface area is 138 Å². The highest BCUT2D eigenvalue weighted by Gasteiger charge is 2.28. The lowest BCUT2D eigenvalue weighted by Crippen LogP contribution is -2.38. The highest BCUT2D eigenvalue weighted by molar-refractivity contribution is 5.68. The first-order chi connectivity index (χ1) is 10.8. The quantitative estimate of drug-likeness (QED) is 0.891. The summed E-state index contributed by atoms with van der Waals surface area (Å²) in [6, 6.07) is 8.43. The van der Waals surface area contributed by atoms with Crippen molar-refractivity contribution < 1.29 is 9.53 Å². The Morgan fingerprint density at radius 1 is 1.30 bits per heavy atom. The highest BCUT2D eigenvalue weighted by atomic mass is 16.6. The summed E-state index contributed by atoms with van der Waals surface area (Å²) in [4.78, 5) is 11.8. The second-order valence-electron chi connectivity index (χ2n) is 7.11. The third kappa shape index (κ3) is 4.88. The van der Waals surface area contributed by atoms with Gasteiger partial charge in [0.25, 0.3) is 0 Å². The van der Waals surface area contributed by atoms with Crippen LogP contribution in [0.4, 0.5) is 10.5 Å². The van der Waals surface area contributed by atoms with Gasteiger partial charge in [0.15, 0.2) is 0 Å². The molecule has 1 aliphatic carbocycles. The molecule has 23 heavy (non-hydrogen) atoms. The van der Waals surface area contributed by atoms with E-state index < -0.39 is 5.60 Å². The van der Waals surface area contributed by atoms with Gasteiger partial charge >= 0.3 is 6.09 Å². The van der Waals surface area contributed by atoms with Crippen molar-refractivity contribution in [2.24, 2.45) is 0 Å². The molecule has 0 saturated heterocycles. The van der Waals surface area contributed by atoms with Crippen molar-refractivity contribution in [1.82, 2.24) is 5.32 Å². The number of hydrogen-bond donors (Lipinski definition) is 2. The number of benzene rings is 1. The third-order valence-corrected chi connectivity index (χ3v) is 3.90. The van der Waals surface area contributed by atoms with Crippen LogP contribution in [-0.4, -0.2) is 23.8 Å². The number of rotatable bonds is 3. The Kier molecular flexibility index (Phi) is 5.15. The second-order valence-corrected chi connectivity index (χ2v) is 7.11. The molecule has 0 aromatic heterocycles. The fourth-order valence-corrected chi connectivity index (χ4v) is 2.87. The number of nitrogens with zero attached hydrogens (tertiary/aromatic N) is 1. The zero-order chi connectivity index (χ0) is 17.0. The van der Waals surface area contributed by atoms with E-state index in [-0.39, 0.29) is 18.2 Å². The van der Waals surface area contributed by atoms with Crippen LogP contribution in [0, 0.1) is 18.3 Å². The number of ether oxygens (including phenoxy) is 1. The summed E-state index contributed by atoms with van der Waals surface area (Å²) < 4.78 is 5.29. The van der Waals surface area contributed by atoms with E-state index in [1.807, 2.05) is 45.9 Å². The number of hydrogen-bond acceptors (Lipinski definition) is 4. The van der Waals surface area contributed by atoms with Crippen molar-refractivity contribution in [2.75, 3.05) is 5.32 Å². The minimum Gasteiger partial charge on any atom is -0.444 e. The van der Waals surface area contributed by atoms with E-state index in [1.165, 1.54) is 0 Å². The lowest BCUT2D eigenvalue weighted by Gasteiger charge is -2.22. The van der Waals surface area contributed by atoms with E-state index >= 15 is 0 Å². The third-order valence-electron chi connectivity index (χ3n) is 3.90. The van der Waals surface area contributed by atoms with Gasteiger partial charge in [0, 0.05) is 12.1 Å². The van der Waals surface area contributed by atoms with Gasteiger partial charge in [-0.2, -0.15) is 5.26 Å². The molecule has 5 heteroatoms. The Hall–Kier alpha value is -2.22. The monoisotopic (exact) mass is 315 g/mol. The maximum Gasteiger partial charge on any atom is 0.407 e. The standard InChI is InChI=1S/C18H25N3O2/c1-12-6-5-7-16(15(12)11-19)20-13-8-9-14(10-13)21-17(22)23-18(2,3)4/h5-7,13-14,20H,8-10H2,1-4H3,(H,21,22). The summed E-state index contributed by atoms with van der Waals surface area (Å²) >= 11 is 0. The number of amides is 1. The van der Waals surface area contributed by atoms with E-state index in [0.717, 1.165) is 30.5 Å². The van der Waals surface area contributed by atoms with Gasteiger partial charge in [0.05, 0.1) is 11.3 Å². The van der Waals surface area contributed by atoms with Crippen molar-refractivity contribution >= 4 is 11.8 Å². The molecule has 1 fully saturated rings. The first-order valence-electron chi connectivity index (χ1n) is 8.04. The van der Waals surface area contributed by atoms with Crippen LogP contribution < -0.4 is 10.6 Å². The van der Waals surface area contributed by atoms with Gasteiger partial charge in [-0.25, -0.2) is 4.79 Å². The van der Waals surface area contributed by atoms with Crippen molar-refractivity contribution in [1.29, 1.82) is 5.26 Å². The summed E-state index contributed by atoms with van der Waals surface area (Å²) in [6.07, 6.45) is 2.33. The zero-order valence-electron chi connectivity index (χ0n) is 14.3. The molecule has 0 heterocycles. The van der Waals surface area contributed by atoms with Gasteiger partial charge in [-0.15, -0.1) is 0 Å². The minimum atomic E-state index is -0.483. The summed E-state index contributed by atoms with van der Waals surface area (Å²) in [7, 11) is 0. The number of carbonyl (C=O) groups is 1. The average Bonchev–Trinajstić information content (AvgIpc) is 2.84. The van der Waals surface area contributed by atoms with Crippen LogP contribution in [0.1, 0.15) is 51.2 Å². The molecule has 0 spiro atoms. The zero-order valence-corrected chi connectivity index (χ0v) is 14.3. The highest BCUT2D eigenvalue weighted by Crippen LogP contribution is 2.26. The number of carbonyl (C=O) groups excluding carboxylic acids is 1. The molecule has 5 nitrogen and oxygen atoms in total. The predicted octanol–water partition coefficient (Wildman–Crippen LogP) is 3.72. The fraction of sp³-hybridized carbons (Fsp3) is 0.556. The molecule has 1 aliphatic rings. The molecule has 0 radical (unpaired) electrons. The Bertz CT molecular complexity index is 614. The predicted molar refractivity (Wildman–Crippen MR) is 90.3 cm³/mol. The first kappa shape index (κ1) is 17.1. The molecule has 124 valence electrons. The van der Waals surface area contributed by atoms with Gasteiger partial charge in [-0.1, -0.05) is 12.1 Å². The van der Waals surface area contributed by atoms with Crippen LogP contribution in [0.25, 0.3) is 0 Å². The molecule has 2 atom stereocenters. The molecule has 2 N–H and O–H groups in total. The number of nitriles is 1. The number of anilines is 1. The molecule has 0 bridgehead atoms. The van der Waals surface area contributed by atoms with Crippen LogP contribution in [0.3, 0.4) is 0 Å². The topological polar surface area (TPSA) is 74.2 Å². The molecular weight excluding hydrogens is 290 g/mol. The van der Waals surface area contributed by atoms with Crippen LogP contribution in [0.2, 0.25) is 0 Å². The second kappa shape index (κ2) is 6.91. The first-order valence-corrected chi connectivity index (χ1v) is 8.04. The van der Waals surface area contributed by atoms with Crippen LogP contribution in [0.5, 0.6) is 0 Å². The number of aryl methyl sites for hydroxylation is 1. The van der Waals surface area contributed by atoms with E-state index in [9.17, 15) is 10.1 Å². The Morgan fingerprint density at radius 3 is 2.65 bits per heavy atom. The van der Waals surface area contributed by atoms with E-state index in [1.54, 1.807) is 0 Å². The molecule has 2 rings (SSSR count). The summed E-state index contributed by atoms with van der Waals surface area (Å²) in [5, 5.41) is 15.7. The summed E-state index contributed by atoms with van der Waals surface area (Å²) in [5.41, 5.74) is 2.05. The van der Waals surface area contributed by atoms with E-state index in [0.29, 0.717) is 5.56 Å². The van der Waals surface area contributed by atoms with Gasteiger partial charge < -0.3 is 15.4 Å². The molecule has 0 aliphatic heterocycles. The molecule has 2 unspecified atom stereocenters. The normalized spacial score (nSPS) is 20.7. The molecule has 1 aromatic rings. The van der Waals surface area contributed by atoms with Gasteiger partial charge in [-0.3, -0.25) is 0 Å². The van der Waals surface area contributed by atoms with Crippen molar-refractivity contribution in [3.63, 3.8) is 0 Å². The average molecular weight is 315 g/mol. The maximum atomic E-state index is 11.8. The number of alkyl carbamates (subject to hydrolysis) is 1. The molecule has 1 saturated carbocycles.